The molecule has 0 saturated heterocycles. The third-order valence-electron chi connectivity index (χ3n) is 3.67. The number of hydrogen-bond acceptors (Lipinski definition) is 2. The molecule has 2 rings (SSSR count). The number of hydrogen-bond donors (Lipinski definition) is 1. The molecule has 0 bridgehead atoms. The van der Waals surface area contributed by atoms with E-state index in [-0.39, 0.29) is 12.0 Å². The summed E-state index contributed by atoms with van der Waals surface area (Å²) in [5, 5.41) is 9.25. The SMILES string of the molecule is CC(C(=O)O)C1Cc2c(Br)cccc2N1C(C)C. The Balaban J connectivity index is 2.43. The van der Waals surface area contributed by atoms with Crippen molar-refractivity contribution in [1.29, 1.82) is 0 Å². The zero-order valence-electron chi connectivity index (χ0n) is 10.9. The number of carboxylic acids is 1. The van der Waals surface area contributed by atoms with Crippen molar-refractivity contribution in [1.82, 2.24) is 0 Å². The van der Waals surface area contributed by atoms with E-state index >= 15 is 0 Å². The third kappa shape index (κ3) is 2.14. The molecule has 98 valence electrons. The molecule has 1 heterocycles. The van der Waals surface area contributed by atoms with Crippen molar-refractivity contribution in [2.45, 2.75) is 39.3 Å². The van der Waals surface area contributed by atoms with Crippen LogP contribution in [0.5, 0.6) is 0 Å². The van der Waals surface area contributed by atoms with Gasteiger partial charge < -0.3 is 10.0 Å². The highest BCUT2D eigenvalue weighted by atomic mass is 79.9. The maximum atomic E-state index is 11.3. The highest BCUT2D eigenvalue weighted by Gasteiger charge is 2.38. The highest BCUT2D eigenvalue weighted by molar-refractivity contribution is 9.10. The van der Waals surface area contributed by atoms with Gasteiger partial charge in [-0.1, -0.05) is 22.0 Å². The molecule has 0 amide bonds. The molecular formula is C14H18BrNO2. The zero-order chi connectivity index (χ0) is 13.4. The lowest BCUT2D eigenvalue weighted by Gasteiger charge is -2.33. The van der Waals surface area contributed by atoms with Gasteiger partial charge in [0.05, 0.1) is 5.92 Å². The van der Waals surface area contributed by atoms with Crippen LogP contribution in [0.3, 0.4) is 0 Å². The third-order valence-corrected chi connectivity index (χ3v) is 4.41. The lowest BCUT2D eigenvalue weighted by Crippen LogP contribution is -2.44. The monoisotopic (exact) mass is 311 g/mol. The van der Waals surface area contributed by atoms with Crippen molar-refractivity contribution in [2.24, 2.45) is 5.92 Å². The van der Waals surface area contributed by atoms with Gasteiger partial charge in [-0.25, -0.2) is 0 Å². The van der Waals surface area contributed by atoms with Crippen molar-refractivity contribution in [3.8, 4) is 0 Å². The Kier molecular flexibility index (Phi) is 3.66. The smallest absolute Gasteiger partial charge is 0.308 e. The molecule has 2 unspecified atom stereocenters. The first-order chi connectivity index (χ1) is 8.43. The molecule has 1 aliphatic heterocycles. The van der Waals surface area contributed by atoms with E-state index in [0.717, 1.165) is 16.6 Å². The van der Waals surface area contributed by atoms with Gasteiger partial charge in [0, 0.05) is 22.2 Å². The lowest BCUT2D eigenvalue weighted by atomic mass is 9.97. The van der Waals surface area contributed by atoms with Crippen molar-refractivity contribution >= 4 is 27.6 Å². The summed E-state index contributed by atoms with van der Waals surface area (Å²) in [5.74, 6) is -1.10. The average molecular weight is 312 g/mol. The first-order valence-electron chi connectivity index (χ1n) is 6.22. The van der Waals surface area contributed by atoms with Crippen molar-refractivity contribution in [3.05, 3.63) is 28.2 Å². The Morgan fingerprint density at radius 3 is 2.67 bits per heavy atom. The Hall–Kier alpha value is -1.03. The van der Waals surface area contributed by atoms with E-state index < -0.39 is 5.97 Å². The van der Waals surface area contributed by atoms with E-state index in [0.29, 0.717) is 6.04 Å². The Morgan fingerprint density at radius 2 is 2.11 bits per heavy atom. The predicted octanol–water partition coefficient (Wildman–Crippen LogP) is 3.31. The Bertz CT molecular complexity index is 473. The number of carboxylic acid groups (broad SMARTS) is 1. The molecule has 2 atom stereocenters. The van der Waals surface area contributed by atoms with E-state index in [1.54, 1.807) is 6.92 Å². The van der Waals surface area contributed by atoms with Crippen LogP contribution in [-0.2, 0) is 11.2 Å². The van der Waals surface area contributed by atoms with Crippen LogP contribution in [0.2, 0.25) is 0 Å². The Morgan fingerprint density at radius 1 is 1.44 bits per heavy atom. The predicted molar refractivity (Wildman–Crippen MR) is 76.0 cm³/mol. The average Bonchev–Trinajstić information content (AvgIpc) is 2.68. The largest absolute Gasteiger partial charge is 0.481 e. The summed E-state index contributed by atoms with van der Waals surface area (Å²) in [5.41, 5.74) is 2.39. The second-order valence-corrected chi connectivity index (χ2v) is 5.99. The number of anilines is 1. The van der Waals surface area contributed by atoms with E-state index in [9.17, 15) is 9.90 Å². The van der Waals surface area contributed by atoms with Gasteiger partial charge in [-0.3, -0.25) is 4.79 Å². The summed E-state index contributed by atoms with van der Waals surface area (Å²) in [6.45, 7) is 6.01. The van der Waals surface area contributed by atoms with E-state index in [4.69, 9.17) is 0 Å². The number of aliphatic carboxylic acids is 1. The normalized spacial score (nSPS) is 20.1. The quantitative estimate of drug-likeness (QED) is 0.931. The minimum absolute atomic E-state index is 0.0381. The fourth-order valence-electron chi connectivity index (χ4n) is 2.72. The molecule has 1 aliphatic rings. The molecule has 0 fully saturated rings. The summed E-state index contributed by atoms with van der Waals surface area (Å²) >= 11 is 3.56. The van der Waals surface area contributed by atoms with Gasteiger partial charge in [0.15, 0.2) is 0 Å². The summed E-state index contributed by atoms with van der Waals surface area (Å²) in [4.78, 5) is 13.5. The van der Waals surface area contributed by atoms with Gasteiger partial charge in [0.25, 0.3) is 0 Å². The van der Waals surface area contributed by atoms with E-state index in [1.165, 1.54) is 5.56 Å². The molecule has 0 spiro atoms. The summed E-state index contributed by atoms with van der Waals surface area (Å²) in [7, 11) is 0. The second-order valence-electron chi connectivity index (χ2n) is 5.14. The number of halogens is 1. The number of carbonyl (C=O) groups is 1. The summed E-state index contributed by atoms with van der Waals surface area (Å²) in [6, 6.07) is 6.44. The molecule has 3 nitrogen and oxygen atoms in total. The van der Waals surface area contributed by atoms with Gasteiger partial charge >= 0.3 is 5.97 Å². The molecule has 1 N–H and O–H groups in total. The minimum atomic E-state index is -0.727. The van der Waals surface area contributed by atoms with Crippen LogP contribution in [0.25, 0.3) is 0 Å². The van der Waals surface area contributed by atoms with Crippen LogP contribution in [0, 0.1) is 5.92 Å². The first kappa shape index (κ1) is 13.4. The van der Waals surface area contributed by atoms with Gasteiger partial charge in [-0.05, 0) is 44.9 Å². The molecule has 1 aromatic carbocycles. The molecule has 18 heavy (non-hydrogen) atoms. The second kappa shape index (κ2) is 4.92. The van der Waals surface area contributed by atoms with Gasteiger partial charge in [-0.15, -0.1) is 0 Å². The van der Waals surface area contributed by atoms with Crippen LogP contribution in [0.15, 0.2) is 22.7 Å². The van der Waals surface area contributed by atoms with Crippen molar-refractivity contribution in [2.75, 3.05) is 4.90 Å². The van der Waals surface area contributed by atoms with Crippen LogP contribution in [0.1, 0.15) is 26.3 Å². The fraction of sp³-hybridized carbons (Fsp3) is 0.500. The molecule has 0 radical (unpaired) electrons. The van der Waals surface area contributed by atoms with Crippen molar-refractivity contribution < 1.29 is 9.90 Å². The van der Waals surface area contributed by atoms with Crippen molar-refractivity contribution in [3.63, 3.8) is 0 Å². The van der Waals surface area contributed by atoms with Crippen LogP contribution < -0.4 is 4.90 Å². The standard InChI is InChI=1S/C14H18BrNO2/c1-8(2)16-12-6-4-5-11(15)10(12)7-13(16)9(3)14(17)18/h4-6,8-9,13H,7H2,1-3H3,(H,17,18). The molecule has 0 saturated carbocycles. The topological polar surface area (TPSA) is 40.5 Å². The molecule has 4 heteroatoms. The number of benzene rings is 1. The summed E-state index contributed by atoms with van der Waals surface area (Å²) in [6.07, 6.45) is 0.794. The minimum Gasteiger partial charge on any atom is -0.481 e. The van der Waals surface area contributed by atoms with Gasteiger partial charge in [0.1, 0.15) is 0 Å². The van der Waals surface area contributed by atoms with E-state index in [1.807, 2.05) is 12.1 Å². The number of fused-ring (bicyclic) bond motifs is 1. The molecule has 1 aromatic rings. The number of rotatable bonds is 3. The van der Waals surface area contributed by atoms with Crippen LogP contribution in [-0.4, -0.2) is 23.2 Å². The molecule has 0 aliphatic carbocycles. The maximum Gasteiger partial charge on any atom is 0.308 e. The van der Waals surface area contributed by atoms with Crippen LogP contribution >= 0.6 is 15.9 Å². The van der Waals surface area contributed by atoms with Gasteiger partial charge in [0.2, 0.25) is 0 Å². The van der Waals surface area contributed by atoms with E-state index in [2.05, 4.69) is 40.7 Å². The zero-order valence-corrected chi connectivity index (χ0v) is 12.4. The molecular weight excluding hydrogens is 294 g/mol. The summed E-state index contributed by atoms with van der Waals surface area (Å²) < 4.78 is 1.07. The maximum absolute atomic E-state index is 11.3. The lowest BCUT2D eigenvalue weighted by molar-refractivity contribution is -0.141. The first-order valence-corrected chi connectivity index (χ1v) is 7.01. The van der Waals surface area contributed by atoms with Gasteiger partial charge in [-0.2, -0.15) is 0 Å². The fourth-order valence-corrected chi connectivity index (χ4v) is 3.24. The number of nitrogens with zero attached hydrogens (tertiary/aromatic N) is 1. The highest BCUT2D eigenvalue weighted by Crippen LogP contribution is 2.40. The van der Waals surface area contributed by atoms with Crippen LogP contribution in [0.4, 0.5) is 5.69 Å². The molecule has 0 aromatic heterocycles. The Labute approximate surface area is 116 Å².